The Morgan fingerprint density at radius 1 is 1.06 bits per heavy atom. The van der Waals surface area contributed by atoms with Gasteiger partial charge in [0.05, 0.1) is 6.42 Å². The molecule has 17 heavy (non-hydrogen) atoms. The molecule has 100 valence electrons. The molecule has 0 aliphatic rings. The Bertz CT molecular complexity index is 231. The molecule has 0 aliphatic heterocycles. The van der Waals surface area contributed by atoms with Crippen molar-refractivity contribution in [2.75, 3.05) is 6.54 Å². The zero-order valence-electron chi connectivity index (χ0n) is 10.4. The number of aliphatic carboxylic acids is 2. The van der Waals surface area contributed by atoms with Crippen LogP contribution in [-0.2, 0) is 9.59 Å². The number of nitrogens with one attached hydrogen (secondary N) is 1. The van der Waals surface area contributed by atoms with Crippen molar-refractivity contribution in [1.29, 1.82) is 0 Å². The molecule has 0 spiro atoms. The van der Waals surface area contributed by atoms with Crippen LogP contribution in [0.3, 0.4) is 0 Å². The van der Waals surface area contributed by atoms with Crippen molar-refractivity contribution in [2.24, 2.45) is 0 Å². The van der Waals surface area contributed by atoms with Crippen LogP contribution < -0.4 is 5.32 Å². The van der Waals surface area contributed by atoms with Gasteiger partial charge in [-0.1, -0.05) is 39.0 Å². The second-order valence-corrected chi connectivity index (χ2v) is 4.21. The first-order chi connectivity index (χ1) is 8.07. The van der Waals surface area contributed by atoms with Gasteiger partial charge >= 0.3 is 11.9 Å². The van der Waals surface area contributed by atoms with E-state index in [1.54, 1.807) is 0 Å². The van der Waals surface area contributed by atoms with Crippen molar-refractivity contribution < 1.29 is 19.8 Å². The molecule has 0 rings (SSSR count). The highest BCUT2D eigenvalue weighted by molar-refractivity contribution is 5.80. The third kappa shape index (κ3) is 9.81. The van der Waals surface area contributed by atoms with Crippen LogP contribution in [0.25, 0.3) is 0 Å². The first-order valence-electron chi connectivity index (χ1n) is 6.26. The van der Waals surface area contributed by atoms with E-state index in [9.17, 15) is 9.59 Å². The SMILES string of the molecule is CCCCCCCCN[C@@H](CC(=O)O)C(=O)O. The summed E-state index contributed by atoms with van der Waals surface area (Å²) in [6.45, 7) is 2.72. The molecule has 5 nitrogen and oxygen atoms in total. The molecule has 0 unspecified atom stereocenters. The summed E-state index contributed by atoms with van der Waals surface area (Å²) in [6, 6.07) is -0.969. The van der Waals surface area contributed by atoms with E-state index in [0.717, 1.165) is 19.3 Å². The lowest BCUT2D eigenvalue weighted by atomic mass is 10.1. The summed E-state index contributed by atoms with van der Waals surface area (Å²) >= 11 is 0. The summed E-state index contributed by atoms with van der Waals surface area (Å²) in [5.74, 6) is -2.19. The summed E-state index contributed by atoms with van der Waals surface area (Å²) in [6.07, 6.45) is 6.41. The number of carboxylic acid groups (broad SMARTS) is 2. The number of carboxylic acids is 2. The van der Waals surface area contributed by atoms with E-state index >= 15 is 0 Å². The zero-order chi connectivity index (χ0) is 13.1. The Hall–Kier alpha value is -1.10. The molecule has 0 saturated heterocycles. The van der Waals surface area contributed by atoms with E-state index in [1.807, 2.05) is 0 Å². The van der Waals surface area contributed by atoms with Crippen molar-refractivity contribution in [3.05, 3.63) is 0 Å². The zero-order valence-corrected chi connectivity index (χ0v) is 10.4. The highest BCUT2D eigenvalue weighted by atomic mass is 16.4. The standard InChI is InChI=1S/C12H23NO4/c1-2-3-4-5-6-7-8-13-10(12(16)17)9-11(14)15/h10,13H,2-9H2,1H3,(H,14,15)(H,16,17)/t10-/m0/s1. The number of hydrogen-bond donors (Lipinski definition) is 3. The van der Waals surface area contributed by atoms with E-state index < -0.39 is 18.0 Å². The van der Waals surface area contributed by atoms with Gasteiger partial charge in [0.25, 0.3) is 0 Å². The fraction of sp³-hybridized carbons (Fsp3) is 0.833. The van der Waals surface area contributed by atoms with Crippen LogP contribution in [0, 0.1) is 0 Å². The molecule has 0 amide bonds. The molecule has 3 N–H and O–H groups in total. The first kappa shape index (κ1) is 15.9. The van der Waals surface area contributed by atoms with Crippen LogP contribution in [-0.4, -0.2) is 34.7 Å². The molecule has 0 aromatic heterocycles. The lowest BCUT2D eigenvalue weighted by molar-refractivity contribution is -0.145. The second kappa shape index (κ2) is 10.1. The number of carbonyl (C=O) groups is 2. The van der Waals surface area contributed by atoms with Gasteiger partial charge in [-0.15, -0.1) is 0 Å². The lowest BCUT2D eigenvalue weighted by Crippen LogP contribution is -2.39. The Kier molecular flexibility index (Phi) is 9.43. The van der Waals surface area contributed by atoms with Gasteiger partial charge in [-0.2, -0.15) is 0 Å². The smallest absolute Gasteiger partial charge is 0.321 e. The quantitative estimate of drug-likeness (QED) is 0.484. The van der Waals surface area contributed by atoms with Crippen LogP contribution in [0.1, 0.15) is 51.9 Å². The molecule has 0 aromatic rings. The summed E-state index contributed by atoms with van der Waals surface area (Å²) in [5, 5.41) is 20.1. The minimum Gasteiger partial charge on any atom is -0.481 e. The average molecular weight is 245 g/mol. The predicted molar refractivity (Wildman–Crippen MR) is 65.1 cm³/mol. The summed E-state index contributed by atoms with van der Waals surface area (Å²) in [5.41, 5.74) is 0. The maximum Gasteiger partial charge on any atom is 0.321 e. The molecule has 5 heteroatoms. The monoisotopic (exact) mass is 245 g/mol. The molecule has 0 radical (unpaired) electrons. The van der Waals surface area contributed by atoms with Crippen molar-refractivity contribution in [3.8, 4) is 0 Å². The molecular weight excluding hydrogens is 222 g/mol. The lowest BCUT2D eigenvalue weighted by Gasteiger charge is -2.11. The van der Waals surface area contributed by atoms with Gasteiger partial charge in [-0.05, 0) is 13.0 Å². The highest BCUT2D eigenvalue weighted by Gasteiger charge is 2.19. The topological polar surface area (TPSA) is 86.6 Å². The van der Waals surface area contributed by atoms with E-state index in [2.05, 4.69) is 12.2 Å². The van der Waals surface area contributed by atoms with Gasteiger partial charge in [0.15, 0.2) is 0 Å². The molecule has 0 aromatic carbocycles. The molecule has 0 fully saturated rings. The van der Waals surface area contributed by atoms with Crippen molar-refractivity contribution in [2.45, 2.75) is 57.9 Å². The minimum absolute atomic E-state index is 0.370. The maximum atomic E-state index is 10.7. The molecule has 0 saturated carbocycles. The third-order valence-corrected chi connectivity index (χ3v) is 2.60. The second-order valence-electron chi connectivity index (χ2n) is 4.21. The fourth-order valence-electron chi connectivity index (χ4n) is 1.60. The Morgan fingerprint density at radius 3 is 2.18 bits per heavy atom. The van der Waals surface area contributed by atoms with Crippen molar-refractivity contribution >= 4 is 11.9 Å². The highest BCUT2D eigenvalue weighted by Crippen LogP contribution is 2.04. The van der Waals surface area contributed by atoms with Gasteiger partial charge in [-0.25, -0.2) is 0 Å². The predicted octanol–water partition coefficient (Wildman–Crippen LogP) is 1.86. The number of rotatable bonds is 11. The van der Waals surface area contributed by atoms with Gasteiger partial charge in [0, 0.05) is 0 Å². The van der Waals surface area contributed by atoms with Gasteiger partial charge in [0.2, 0.25) is 0 Å². The summed E-state index contributed by atoms with van der Waals surface area (Å²) < 4.78 is 0. The molecular formula is C12H23NO4. The van der Waals surface area contributed by atoms with Crippen LogP contribution in [0.2, 0.25) is 0 Å². The number of hydrogen-bond acceptors (Lipinski definition) is 3. The molecule has 0 heterocycles. The number of unbranched alkanes of at least 4 members (excludes halogenated alkanes) is 5. The van der Waals surface area contributed by atoms with Gasteiger partial charge in [0.1, 0.15) is 6.04 Å². The van der Waals surface area contributed by atoms with Crippen LogP contribution in [0.4, 0.5) is 0 Å². The van der Waals surface area contributed by atoms with Gasteiger partial charge in [-0.3, -0.25) is 9.59 Å². The van der Waals surface area contributed by atoms with Crippen LogP contribution in [0.15, 0.2) is 0 Å². The maximum absolute atomic E-state index is 10.7. The third-order valence-electron chi connectivity index (χ3n) is 2.60. The van der Waals surface area contributed by atoms with Crippen LogP contribution >= 0.6 is 0 Å². The normalized spacial score (nSPS) is 12.3. The van der Waals surface area contributed by atoms with E-state index in [-0.39, 0.29) is 6.42 Å². The summed E-state index contributed by atoms with van der Waals surface area (Å²) in [4.78, 5) is 21.1. The summed E-state index contributed by atoms with van der Waals surface area (Å²) in [7, 11) is 0. The Balaban J connectivity index is 3.55. The van der Waals surface area contributed by atoms with Crippen LogP contribution in [0.5, 0.6) is 0 Å². The molecule has 1 atom stereocenters. The van der Waals surface area contributed by atoms with Gasteiger partial charge < -0.3 is 15.5 Å². The average Bonchev–Trinajstić information content (AvgIpc) is 2.25. The molecule has 0 bridgehead atoms. The first-order valence-corrected chi connectivity index (χ1v) is 6.26. The van der Waals surface area contributed by atoms with Crippen molar-refractivity contribution in [3.63, 3.8) is 0 Å². The van der Waals surface area contributed by atoms with E-state index in [0.29, 0.717) is 6.54 Å². The van der Waals surface area contributed by atoms with E-state index in [1.165, 1.54) is 19.3 Å². The fourth-order valence-corrected chi connectivity index (χ4v) is 1.60. The molecule has 0 aliphatic carbocycles. The Morgan fingerprint density at radius 2 is 1.65 bits per heavy atom. The minimum atomic E-state index is -1.10. The largest absolute Gasteiger partial charge is 0.481 e. The van der Waals surface area contributed by atoms with Crippen molar-refractivity contribution in [1.82, 2.24) is 5.32 Å². The Labute approximate surface area is 102 Å². The van der Waals surface area contributed by atoms with E-state index in [4.69, 9.17) is 10.2 Å².